The minimum Gasteiger partial charge on any atom is -0.493 e. The normalized spacial score (nSPS) is 9.71. The van der Waals surface area contributed by atoms with Gasteiger partial charge in [-0.2, -0.15) is 0 Å². The summed E-state index contributed by atoms with van der Waals surface area (Å²) in [6.07, 6.45) is 0. The first kappa shape index (κ1) is 11.0. The van der Waals surface area contributed by atoms with Crippen LogP contribution >= 0.6 is 12.6 Å². The molecular weight excluding hydrogens is 200 g/mol. The Morgan fingerprint density at radius 2 is 1.86 bits per heavy atom. The van der Waals surface area contributed by atoms with Crippen molar-refractivity contribution in [3.63, 3.8) is 0 Å². The zero-order valence-corrected chi connectivity index (χ0v) is 9.10. The Morgan fingerprint density at radius 1 is 1.29 bits per heavy atom. The lowest BCUT2D eigenvalue weighted by molar-refractivity contribution is 0.354. The van der Waals surface area contributed by atoms with Gasteiger partial charge in [0.25, 0.3) is 0 Å². The van der Waals surface area contributed by atoms with E-state index in [0.717, 1.165) is 10.6 Å². The van der Waals surface area contributed by atoms with Crippen molar-refractivity contribution in [2.75, 3.05) is 26.2 Å². The average Bonchev–Trinajstić information content (AvgIpc) is 2.20. The maximum atomic E-state index is 5.37. The zero-order valence-electron chi connectivity index (χ0n) is 8.20. The highest BCUT2D eigenvalue weighted by Gasteiger charge is 2.07. The quantitative estimate of drug-likeness (QED) is 0.522. The summed E-state index contributed by atoms with van der Waals surface area (Å²) in [4.78, 5) is 0.771. The highest BCUT2D eigenvalue weighted by molar-refractivity contribution is 7.80. The van der Waals surface area contributed by atoms with Gasteiger partial charge in [-0.05, 0) is 6.07 Å². The summed E-state index contributed by atoms with van der Waals surface area (Å²) in [5.74, 6) is 1.31. The Balaban J connectivity index is 3.09. The SMILES string of the molecule is COc1cc(S)c(NCN)cc1OC. The summed E-state index contributed by atoms with van der Waals surface area (Å²) < 4.78 is 10.3. The summed E-state index contributed by atoms with van der Waals surface area (Å²) in [7, 11) is 3.17. The van der Waals surface area contributed by atoms with Crippen molar-refractivity contribution < 1.29 is 9.47 Å². The van der Waals surface area contributed by atoms with Gasteiger partial charge in [0, 0.05) is 11.0 Å². The number of ether oxygens (including phenoxy) is 2. The monoisotopic (exact) mass is 214 g/mol. The number of benzene rings is 1. The molecule has 0 saturated carbocycles. The van der Waals surface area contributed by atoms with Gasteiger partial charge in [0.2, 0.25) is 0 Å². The third kappa shape index (κ3) is 2.24. The maximum absolute atomic E-state index is 5.37. The molecular formula is C9H14N2O2S. The van der Waals surface area contributed by atoms with E-state index in [4.69, 9.17) is 15.2 Å². The third-order valence-corrected chi connectivity index (χ3v) is 2.16. The number of nitrogens with one attached hydrogen (secondary N) is 1. The molecule has 0 unspecified atom stereocenters. The molecule has 0 aliphatic rings. The van der Waals surface area contributed by atoms with E-state index in [9.17, 15) is 0 Å². The van der Waals surface area contributed by atoms with Crippen LogP contribution in [-0.2, 0) is 0 Å². The Morgan fingerprint density at radius 3 is 2.36 bits per heavy atom. The molecule has 4 nitrogen and oxygen atoms in total. The maximum Gasteiger partial charge on any atom is 0.162 e. The molecule has 1 aromatic carbocycles. The molecule has 5 heteroatoms. The van der Waals surface area contributed by atoms with Gasteiger partial charge in [-0.15, -0.1) is 12.6 Å². The molecule has 0 bridgehead atoms. The fourth-order valence-electron chi connectivity index (χ4n) is 1.12. The van der Waals surface area contributed by atoms with Crippen molar-refractivity contribution in [3.05, 3.63) is 12.1 Å². The van der Waals surface area contributed by atoms with Crippen LogP contribution < -0.4 is 20.5 Å². The van der Waals surface area contributed by atoms with E-state index < -0.39 is 0 Å². The molecule has 0 heterocycles. The van der Waals surface area contributed by atoms with E-state index in [-0.39, 0.29) is 0 Å². The van der Waals surface area contributed by atoms with Gasteiger partial charge in [0.1, 0.15) is 0 Å². The van der Waals surface area contributed by atoms with Crippen molar-refractivity contribution in [2.24, 2.45) is 5.73 Å². The molecule has 1 rings (SSSR count). The first-order chi connectivity index (χ1) is 6.72. The molecule has 0 aliphatic heterocycles. The lowest BCUT2D eigenvalue weighted by Crippen LogP contribution is -2.11. The van der Waals surface area contributed by atoms with Crippen molar-refractivity contribution >= 4 is 18.3 Å². The lowest BCUT2D eigenvalue weighted by atomic mass is 10.2. The topological polar surface area (TPSA) is 56.5 Å². The van der Waals surface area contributed by atoms with Crippen molar-refractivity contribution in [2.45, 2.75) is 4.90 Å². The van der Waals surface area contributed by atoms with E-state index >= 15 is 0 Å². The smallest absolute Gasteiger partial charge is 0.162 e. The van der Waals surface area contributed by atoms with Crippen LogP contribution in [0.4, 0.5) is 5.69 Å². The lowest BCUT2D eigenvalue weighted by Gasteiger charge is -2.12. The Labute approximate surface area is 88.8 Å². The predicted molar refractivity (Wildman–Crippen MR) is 59.5 cm³/mol. The fraction of sp³-hybridized carbons (Fsp3) is 0.333. The highest BCUT2D eigenvalue weighted by Crippen LogP contribution is 2.34. The first-order valence-corrected chi connectivity index (χ1v) is 4.56. The molecule has 0 aliphatic carbocycles. The molecule has 0 spiro atoms. The van der Waals surface area contributed by atoms with Crippen LogP contribution in [0.3, 0.4) is 0 Å². The van der Waals surface area contributed by atoms with Crippen molar-refractivity contribution in [3.8, 4) is 11.5 Å². The fourth-order valence-corrected chi connectivity index (χ4v) is 1.38. The van der Waals surface area contributed by atoms with Gasteiger partial charge in [0.05, 0.1) is 26.6 Å². The summed E-state index contributed by atoms with van der Waals surface area (Å²) in [6.45, 7) is 0.350. The largest absolute Gasteiger partial charge is 0.493 e. The molecule has 0 saturated heterocycles. The molecule has 1 aromatic rings. The van der Waals surface area contributed by atoms with Gasteiger partial charge < -0.3 is 20.5 Å². The van der Waals surface area contributed by atoms with E-state index in [1.165, 1.54) is 0 Å². The molecule has 0 atom stereocenters. The van der Waals surface area contributed by atoms with E-state index in [2.05, 4.69) is 17.9 Å². The van der Waals surface area contributed by atoms with E-state index in [1.807, 2.05) is 0 Å². The second-order valence-electron chi connectivity index (χ2n) is 2.61. The molecule has 14 heavy (non-hydrogen) atoms. The van der Waals surface area contributed by atoms with Crippen LogP contribution in [-0.4, -0.2) is 20.9 Å². The number of hydrogen-bond donors (Lipinski definition) is 3. The van der Waals surface area contributed by atoms with Crippen molar-refractivity contribution in [1.82, 2.24) is 0 Å². The van der Waals surface area contributed by atoms with Crippen molar-refractivity contribution in [1.29, 1.82) is 0 Å². The summed E-state index contributed by atoms with van der Waals surface area (Å²) >= 11 is 4.29. The number of nitrogens with two attached hydrogens (primary N) is 1. The number of hydrogen-bond acceptors (Lipinski definition) is 5. The standard InChI is InChI=1S/C9H14N2O2S/c1-12-7-3-6(11-5-10)9(14)4-8(7)13-2/h3-4,11,14H,5,10H2,1-2H3. The molecule has 0 radical (unpaired) electrons. The average molecular weight is 214 g/mol. The van der Waals surface area contributed by atoms with Crippen LogP contribution in [0.15, 0.2) is 17.0 Å². The predicted octanol–water partition coefficient (Wildman–Crippen LogP) is 1.32. The van der Waals surface area contributed by atoms with Gasteiger partial charge in [-0.25, -0.2) is 0 Å². The molecule has 0 aromatic heterocycles. The summed E-state index contributed by atoms with van der Waals surface area (Å²) in [5.41, 5.74) is 6.20. The van der Waals surface area contributed by atoms with Gasteiger partial charge >= 0.3 is 0 Å². The zero-order chi connectivity index (χ0) is 10.6. The Bertz CT molecular complexity index is 318. The minimum absolute atomic E-state index is 0.350. The van der Waals surface area contributed by atoms with Gasteiger partial charge in [-0.1, -0.05) is 0 Å². The third-order valence-electron chi connectivity index (χ3n) is 1.79. The van der Waals surface area contributed by atoms with E-state index in [1.54, 1.807) is 26.4 Å². The molecule has 3 N–H and O–H groups in total. The Kier molecular flexibility index (Phi) is 3.91. The number of anilines is 1. The first-order valence-electron chi connectivity index (χ1n) is 4.11. The number of thiol groups is 1. The van der Waals surface area contributed by atoms with E-state index in [0.29, 0.717) is 18.2 Å². The van der Waals surface area contributed by atoms with Crippen LogP contribution in [0.5, 0.6) is 11.5 Å². The Hall–Kier alpha value is -1.07. The summed E-state index contributed by atoms with van der Waals surface area (Å²) in [6, 6.07) is 3.58. The number of rotatable bonds is 4. The molecule has 78 valence electrons. The van der Waals surface area contributed by atoms with Crippen LogP contribution in [0.25, 0.3) is 0 Å². The highest BCUT2D eigenvalue weighted by atomic mass is 32.1. The second-order valence-corrected chi connectivity index (χ2v) is 3.09. The van der Waals surface area contributed by atoms with Crippen LogP contribution in [0, 0.1) is 0 Å². The number of methoxy groups -OCH3 is 2. The van der Waals surface area contributed by atoms with Gasteiger partial charge in [-0.3, -0.25) is 0 Å². The minimum atomic E-state index is 0.350. The molecule has 0 amide bonds. The van der Waals surface area contributed by atoms with Crippen LogP contribution in [0.2, 0.25) is 0 Å². The van der Waals surface area contributed by atoms with Gasteiger partial charge in [0.15, 0.2) is 11.5 Å². The second kappa shape index (κ2) is 4.97. The molecule has 0 fully saturated rings. The van der Waals surface area contributed by atoms with Crippen LogP contribution in [0.1, 0.15) is 0 Å². The summed E-state index contributed by atoms with van der Waals surface area (Å²) in [5, 5.41) is 2.97.